The molecular formula is C20H23N. The van der Waals surface area contributed by atoms with Gasteiger partial charge in [0.2, 0.25) is 0 Å². The van der Waals surface area contributed by atoms with E-state index in [9.17, 15) is 0 Å². The number of benzene rings is 1. The van der Waals surface area contributed by atoms with E-state index in [1.54, 1.807) is 0 Å². The summed E-state index contributed by atoms with van der Waals surface area (Å²) in [5.74, 6) is 1.53. The van der Waals surface area contributed by atoms with Gasteiger partial charge in [-0.05, 0) is 47.6 Å². The van der Waals surface area contributed by atoms with Crippen molar-refractivity contribution in [1.29, 1.82) is 0 Å². The highest BCUT2D eigenvalue weighted by Crippen LogP contribution is 2.35. The average Bonchev–Trinajstić information content (AvgIpc) is 2.56. The molecule has 0 aliphatic heterocycles. The second-order valence-corrected chi connectivity index (χ2v) is 6.25. The summed E-state index contributed by atoms with van der Waals surface area (Å²) in [6, 6.07) is 13.0. The fraction of sp³-hybridized carbons (Fsp3) is 0.350. The van der Waals surface area contributed by atoms with Crippen LogP contribution in [0.3, 0.4) is 0 Å². The molecule has 0 amide bonds. The van der Waals surface area contributed by atoms with Crippen LogP contribution < -0.4 is 0 Å². The molecule has 1 aliphatic rings. The summed E-state index contributed by atoms with van der Waals surface area (Å²) in [5, 5.41) is 0. The molecule has 1 saturated carbocycles. The van der Waals surface area contributed by atoms with Gasteiger partial charge in [-0.1, -0.05) is 56.7 Å². The van der Waals surface area contributed by atoms with Crippen molar-refractivity contribution in [2.75, 3.05) is 0 Å². The van der Waals surface area contributed by atoms with Crippen LogP contribution in [0.15, 0.2) is 49.2 Å². The largest absolute Gasteiger partial charge is 0.261 e. The first-order chi connectivity index (χ1) is 10.3. The van der Waals surface area contributed by atoms with E-state index in [1.165, 1.54) is 42.5 Å². The van der Waals surface area contributed by atoms with Crippen LogP contribution in [0.25, 0.3) is 17.2 Å². The lowest BCUT2D eigenvalue weighted by atomic mass is 9.81. The summed E-state index contributed by atoms with van der Waals surface area (Å²) in [6.07, 6.45) is 9.09. The molecule has 108 valence electrons. The minimum Gasteiger partial charge on any atom is -0.261 e. The van der Waals surface area contributed by atoms with E-state index in [0.717, 1.165) is 11.5 Å². The number of hydrogen-bond donors (Lipinski definition) is 0. The van der Waals surface area contributed by atoms with Crippen molar-refractivity contribution in [3.05, 3.63) is 60.4 Å². The Morgan fingerprint density at radius 2 is 1.71 bits per heavy atom. The van der Waals surface area contributed by atoms with Crippen molar-refractivity contribution >= 4 is 6.08 Å². The van der Waals surface area contributed by atoms with Gasteiger partial charge >= 0.3 is 0 Å². The summed E-state index contributed by atoms with van der Waals surface area (Å²) in [7, 11) is 0. The van der Waals surface area contributed by atoms with E-state index >= 15 is 0 Å². The van der Waals surface area contributed by atoms with Crippen molar-refractivity contribution in [1.82, 2.24) is 4.98 Å². The maximum absolute atomic E-state index is 4.63. The van der Waals surface area contributed by atoms with Gasteiger partial charge in [0, 0.05) is 17.8 Å². The highest BCUT2D eigenvalue weighted by Gasteiger charge is 2.20. The van der Waals surface area contributed by atoms with E-state index in [-0.39, 0.29) is 0 Å². The van der Waals surface area contributed by atoms with Gasteiger partial charge in [0.25, 0.3) is 0 Å². The highest BCUT2D eigenvalue weighted by atomic mass is 14.7. The molecule has 21 heavy (non-hydrogen) atoms. The second kappa shape index (κ2) is 6.26. The van der Waals surface area contributed by atoms with Crippen LogP contribution in [0.2, 0.25) is 0 Å². The van der Waals surface area contributed by atoms with Crippen LogP contribution in [0, 0.1) is 5.92 Å². The molecule has 1 fully saturated rings. The Kier molecular flexibility index (Phi) is 4.19. The Balaban J connectivity index is 1.83. The van der Waals surface area contributed by atoms with E-state index < -0.39 is 0 Å². The molecule has 0 unspecified atom stereocenters. The Morgan fingerprint density at radius 1 is 1.00 bits per heavy atom. The lowest BCUT2D eigenvalue weighted by molar-refractivity contribution is 0.344. The smallest absolute Gasteiger partial charge is 0.0440 e. The lowest BCUT2D eigenvalue weighted by Gasteiger charge is -2.25. The summed E-state index contributed by atoms with van der Waals surface area (Å²) < 4.78 is 0. The van der Waals surface area contributed by atoms with Crippen LogP contribution in [-0.2, 0) is 0 Å². The zero-order chi connectivity index (χ0) is 14.7. The molecular weight excluding hydrogens is 254 g/mol. The Morgan fingerprint density at radius 3 is 2.38 bits per heavy atom. The van der Waals surface area contributed by atoms with Gasteiger partial charge in [-0.3, -0.25) is 4.98 Å². The van der Waals surface area contributed by atoms with Crippen molar-refractivity contribution < 1.29 is 0 Å². The maximum Gasteiger partial charge on any atom is 0.0440 e. The van der Waals surface area contributed by atoms with Crippen LogP contribution in [0.5, 0.6) is 0 Å². The van der Waals surface area contributed by atoms with Gasteiger partial charge in [-0.15, -0.1) is 0 Å². The van der Waals surface area contributed by atoms with E-state index in [1.807, 2.05) is 12.3 Å². The van der Waals surface area contributed by atoms with Gasteiger partial charge in [0.1, 0.15) is 0 Å². The quantitative estimate of drug-likeness (QED) is 0.702. The van der Waals surface area contributed by atoms with Crippen LogP contribution >= 0.6 is 0 Å². The number of hydrogen-bond acceptors (Lipinski definition) is 1. The predicted octanol–water partition coefficient (Wildman–Crippen LogP) is 5.69. The Hall–Kier alpha value is -1.89. The number of aromatic nitrogens is 1. The van der Waals surface area contributed by atoms with Crippen molar-refractivity contribution in [3.63, 3.8) is 0 Å². The molecule has 0 bridgehead atoms. The molecule has 0 radical (unpaired) electrons. The van der Waals surface area contributed by atoms with Crippen LogP contribution in [0.4, 0.5) is 0 Å². The first kappa shape index (κ1) is 14.1. The molecule has 1 heterocycles. The standard InChI is InChI=1S/C20H23N/c1-3-16-6-10-17(11-7-16)19-12-13-21-20(14-19)18-8-4-15(2)5-9-18/h3,6-7,10-15,18H,1,4-5,8-9H2,2H3. The summed E-state index contributed by atoms with van der Waals surface area (Å²) in [5.41, 5.74) is 4.96. The van der Waals surface area contributed by atoms with Crippen molar-refractivity contribution in [3.8, 4) is 11.1 Å². The number of nitrogens with zero attached hydrogens (tertiary/aromatic N) is 1. The zero-order valence-corrected chi connectivity index (χ0v) is 12.8. The monoisotopic (exact) mass is 277 g/mol. The zero-order valence-electron chi connectivity index (χ0n) is 12.8. The third-order valence-corrected chi connectivity index (χ3v) is 4.69. The average molecular weight is 277 g/mol. The van der Waals surface area contributed by atoms with Crippen LogP contribution in [-0.4, -0.2) is 4.98 Å². The fourth-order valence-electron chi connectivity index (χ4n) is 3.22. The molecule has 0 N–H and O–H groups in total. The predicted molar refractivity (Wildman–Crippen MR) is 90.1 cm³/mol. The third-order valence-electron chi connectivity index (χ3n) is 4.69. The maximum atomic E-state index is 4.63. The molecule has 1 aromatic heterocycles. The van der Waals surface area contributed by atoms with Crippen molar-refractivity contribution in [2.45, 2.75) is 38.5 Å². The lowest BCUT2D eigenvalue weighted by Crippen LogP contribution is -2.11. The van der Waals surface area contributed by atoms with Crippen LogP contribution in [0.1, 0.15) is 49.8 Å². The van der Waals surface area contributed by atoms with E-state index in [4.69, 9.17) is 0 Å². The molecule has 0 saturated heterocycles. The van der Waals surface area contributed by atoms with Gasteiger partial charge in [0.15, 0.2) is 0 Å². The Labute approximate surface area is 127 Å². The summed E-state index contributed by atoms with van der Waals surface area (Å²) >= 11 is 0. The third kappa shape index (κ3) is 3.24. The molecule has 1 aliphatic carbocycles. The van der Waals surface area contributed by atoms with Gasteiger partial charge in [0.05, 0.1) is 0 Å². The fourth-order valence-corrected chi connectivity index (χ4v) is 3.22. The first-order valence-electron chi connectivity index (χ1n) is 7.95. The second-order valence-electron chi connectivity index (χ2n) is 6.25. The van der Waals surface area contributed by atoms with E-state index in [0.29, 0.717) is 5.92 Å². The highest BCUT2D eigenvalue weighted by molar-refractivity contribution is 5.65. The molecule has 0 atom stereocenters. The molecule has 1 heteroatoms. The molecule has 1 aromatic carbocycles. The molecule has 1 nitrogen and oxygen atoms in total. The molecule has 2 aromatic rings. The number of rotatable bonds is 3. The molecule has 3 rings (SSSR count). The van der Waals surface area contributed by atoms with Gasteiger partial charge in [-0.2, -0.15) is 0 Å². The first-order valence-corrected chi connectivity index (χ1v) is 7.95. The minimum atomic E-state index is 0.647. The normalized spacial score (nSPS) is 22.0. The number of pyridine rings is 1. The Bertz CT molecular complexity index is 604. The van der Waals surface area contributed by atoms with Crippen molar-refractivity contribution in [2.24, 2.45) is 5.92 Å². The van der Waals surface area contributed by atoms with Gasteiger partial charge in [-0.25, -0.2) is 0 Å². The van der Waals surface area contributed by atoms with Gasteiger partial charge < -0.3 is 0 Å². The summed E-state index contributed by atoms with van der Waals surface area (Å²) in [6.45, 7) is 6.17. The SMILES string of the molecule is C=Cc1ccc(-c2ccnc(C3CCC(C)CC3)c2)cc1. The summed E-state index contributed by atoms with van der Waals surface area (Å²) in [4.78, 5) is 4.63. The topological polar surface area (TPSA) is 12.9 Å². The molecule has 0 spiro atoms. The minimum absolute atomic E-state index is 0.647. The van der Waals surface area contributed by atoms with E-state index in [2.05, 4.69) is 54.9 Å².